The van der Waals surface area contributed by atoms with Crippen molar-refractivity contribution in [3.8, 4) is 11.1 Å². The number of esters is 2. The third-order valence-corrected chi connectivity index (χ3v) is 5.84. The quantitative estimate of drug-likeness (QED) is 0.212. The number of nitrogens with one attached hydrogen (secondary N) is 3. The normalized spacial score (nSPS) is 11.5. The van der Waals surface area contributed by atoms with E-state index in [1.807, 2.05) is 36.4 Å². The Balaban J connectivity index is 1.52. The lowest BCUT2D eigenvalue weighted by molar-refractivity contribution is -0.202. The molecule has 0 heterocycles. The van der Waals surface area contributed by atoms with Gasteiger partial charge < -0.3 is 25.4 Å². The minimum Gasteiger partial charge on any atom is -0.445 e. The lowest BCUT2D eigenvalue weighted by atomic mass is 9.99. The van der Waals surface area contributed by atoms with Crippen LogP contribution in [0.25, 0.3) is 11.1 Å². The Morgan fingerprint density at radius 1 is 0.744 bits per heavy atom. The topological polar surface area (TPSA) is 140 Å². The van der Waals surface area contributed by atoms with E-state index < -0.39 is 55.0 Å². The summed E-state index contributed by atoms with van der Waals surface area (Å²) in [7, 11) is 0. The highest BCUT2D eigenvalue weighted by molar-refractivity contribution is 5.89. The molecule has 0 aliphatic heterocycles. The first-order chi connectivity index (χ1) is 20.5. The molecule has 0 saturated heterocycles. The van der Waals surface area contributed by atoms with E-state index in [0.717, 1.165) is 16.7 Å². The molecule has 0 aliphatic rings. The van der Waals surface area contributed by atoms with Crippen LogP contribution in [0.1, 0.15) is 30.0 Å². The zero-order valence-corrected chi connectivity index (χ0v) is 22.7. The van der Waals surface area contributed by atoms with Crippen molar-refractivity contribution in [1.29, 1.82) is 0 Å². The van der Waals surface area contributed by atoms with Gasteiger partial charge in [0.05, 0.1) is 19.0 Å². The van der Waals surface area contributed by atoms with Crippen LogP contribution < -0.4 is 16.0 Å². The molecule has 0 aromatic heterocycles. The number of alkyl carbamates (subject to hydrolysis) is 1. The molecule has 43 heavy (non-hydrogen) atoms. The number of hydrogen-bond acceptors (Lipinski definition) is 7. The van der Waals surface area contributed by atoms with Gasteiger partial charge in [-0.3, -0.25) is 14.4 Å². The monoisotopic (exact) mass is 599 g/mol. The first-order valence-electron chi connectivity index (χ1n) is 13.0. The number of amides is 3. The molecule has 0 spiro atoms. The van der Waals surface area contributed by atoms with Crippen LogP contribution in [0, 0.1) is 0 Å². The Morgan fingerprint density at radius 2 is 1.35 bits per heavy atom. The van der Waals surface area contributed by atoms with E-state index in [4.69, 9.17) is 4.74 Å². The Kier molecular flexibility index (Phi) is 11.8. The maximum absolute atomic E-state index is 12.6. The van der Waals surface area contributed by atoms with Crippen molar-refractivity contribution >= 4 is 29.8 Å². The van der Waals surface area contributed by atoms with Crippen molar-refractivity contribution < 1.29 is 46.6 Å². The van der Waals surface area contributed by atoms with Crippen LogP contribution in [0.3, 0.4) is 0 Å². The molecule has 0 bridgehead atoms. The second-order valence-electron chi connectivity index (χ2n) is 9.09. The molecule has 1 unspecified atom stereocenters. The summed E-state index contributed by atoms with van der Waals surface area (Å²) in [5.74, 6) is -5.53. The molecule has 0 saturated carbocycles. The summed E-state index contributed by atoms with van der Waals surface area (Å²) >= 11 is 0. The highest BCUT2D eigenvalue weighted by Crippen LogP contribution is 2.24. The van der Waals surface area contributed by atoms with Gasteiger partial charge in [-0.25, -0.2) is 9.59 Å². The molecule has 3 aromatic carbocycles. The van der Waals surface area contributed by atoms with Crippen molar-refractivity contribution in [2.45, 2.75) is 31.7 Å². The third kappa shape index (κ3) is 11.3. The maximum atomic E-state index is 12.6. The molecule has 3 N–H and O–H groups in total. The highest BCUT2D eigenvalue weighted by atomic mass is 19.4. The average molecular weight is 600 g/mol. The van der Waals surface area contributed by atoms with Crippen LogP contribution in [0.4, 0.5) is 18.0 Å². The van der Waals surface area contributed by atoms with Gasteiger partial charge in [-0.15, -0.1) is 0 Å². The lowest BCUT2D eigenvalue weighted by Gasteiger charge is -2.19. The molecule has 10 nitrogen and oxygen atoms in total. The zero-order chi connectivity index (χ0) is 31.2. The van der Waals surface area contributed by atoms with Gasteiger partial charge in [-0.1, -0.05) is 84.9 Å². The van der Waals surface area contributed by atoms with Gasteiger partial charge >= 0.3 is 24.2 Å². The smallest absolute Gasteiger partial charge is 0.445 e. The summed E-state index contributed by atoms with van der Waals surface area (Å²) in [6.07, 6.45) is -7.07. The van der Waals surface area contributed by atoms with Crippen LogP contribution in [-0.4, -0.2) is 49.1 Å². The number of rotatable bonds is 12. The van der Waals surface area contributed by atoms with Gasteiger partial charge in [0.25, 0.3) is 0 Å². The average Bonchev–Trinajstić information content (AvgIpc) is 2.99. The van der Waals surface area contributed by atoms with Crippen molar-refractivity contribution in [2.24, 2.45) is 0 Å². The SMILES string of the molecule is O=C(CCNC(=O)OCc1ccccc1)NCC(=O)NC(CC(=O)OC(=O)C(F)(F)F)c1ccc(-c2ccccc2)cc1. The molecule has 3 aromatic rings. The fourth-order valence-corrected chi connectivity index (χ4v) is 3.73. The highest BCUT2D eigenvalue weighted by Gasteiger charge is 2.42. The van der Waals surface area contributed by atoms with E-state index in [0.29, 0.717) is 5.56 Å². The first kappa shape index (κ1) is 32.3. The van der Waals surface area contributed by atoms with Crippen molar-refractivity contribution in [2.75, 3.05) is 13.1 Å². The Hall–Kier alpha value is -5.20. The Labute approximate surface area is 244 Å². The molecular weight excluding hydrogens is 571 g/mol. The van der Waals surface area contributed by atoms with Crippen LogP contribution in [0.15, 0.2) is 84.9 Å². The van der Waals surface area contributed by atoms with E-state index in [1.54, 1.807) is 48.5 Å². The fraction of sp³-hybridized carbons (Fsp3) is 0.233. The molecule has 13 heteroatoms. The largest absolute Gasteiger partial charge is 0.491 e. The van der Waals surface area contributed by atoms with Gasteiger partial charge in [-0.05, 0) is 22.3 Å². The number of benzene rings is 3. The molecular formula is C30H28F3N3O7. The molecule has 0 fully saturated rings. The molecule has 1 atom stereocenters. The summed E-state index contributed by atoms with van der Waals surface area (Å²) < 4.78 is 46.5. The van der Waals surface area contributed by atoms with E-state index >= 15 is 0 Å². The summed E-state index contributed by atoms with van der Waals surface area (Å²) in [6.45, 7) is -0.559. The Morgan fingerprint density at radius 3 is 1.98 bits per heavy atom. The van der Waals surface area contributed by atoms with Gasteiger partial charge in [0, 0.05) is 13.0 Å². The number of hydrogen-bond donors (Lipinski definition) is 3. The molecule has 3 rings (SSSR count). The number of alkyl halides is 3. The van der Waals surface area contributed by atoms with E-state index in [2.05, 4.69) is 20.7 Å². The number of carbonyl (C=O) groups excluding carboxylic acids is 5. The molecule has 3 amide bonds. The summed E-state index contributed by atoms with van der Waals surface area (Å²) in [4.78, 5) is 59.7. The summed E-state index contributed by atoms with van der Waals surface area (Å²) in [5.41, 5.74) is 2.81. The maximum Gasteiger partial charge on any atom is 0.491 e. The van der Waals surface area contributed by atoms with E-state index in [-0.39, 0.29) is 19.6 Å². The number of carbonyl (C=O) groups is 5. The predicted octanol–water partition coefficient (Wildman–Crippen LogP) is 3.97. The van der Waals surface area contributed by atoms with Gasteiger partial charge in [0.1, 0.15) is 6.61 Å². The minimum atomic E-state index is -5.37. The number of halogens is 3. The van der Waals surface area contributed by atoms with E-state index in [9.17, 15) is 37.1 Å². The van der Waals surface area contributed by atoms with Crippen molar-refractivity contribution in [1.82, 2.24) is 16.0 Å². The zero-order valence-electron chi connectivity index (χ0n) is 22.7. The van der Waals surface area contributed by atoms with Crippen molar-refractivity contribution in [3.63, 3.8) is 0 Å². The van der Waals surface area contributed by atoms with Crippen molar-refractivity contribution in [3.05, 3.63) is 96.1 Å². The number of ether oxygens (including phenoxy) is 2. The second-order valence-corrected chi connectivity index (χ2v) is 9.09. The standard InChI is InChI=1S/C30H28F3N3O7/c31-30(32,33)28(40)43-27(39)17-24(23-13-11-22(12-14-23)21-9-5-2-6-10-21)36-26(38)18-35-25(37)15-16-34-29(41)42-19-20-7-3-1-4-8-20/h1-14,24H,15-19H2,(H,34,41)(H,35,37)(H,36,38). The Bertz CT molecular complexity index is 1400. The van der Waals surface area contributed by atoms with Gasteiger partial charge in [0.2, 0.25) is 11.8 Å². The van der Waals surface area contributed by atoms with Crippen LogP contribution in [0.5, 0.6) is 0 Å². The third-order valence-electron chi connectivity index (χ3n) is 5.84. The second kappa shape index (κ2) is 15.7. The van der Waals surface area contributed by atoms with E-state index in [1.165, 1.54) is 0 Å². The molecule has 0 aliphatic carbocycles. The van der Waals surface area contributed by atoms with Crippen LogP contribution >= 0.6 is 0 Å². The van der Waals surface area contributed by atoms with Crippen LogP contribution in [0.2, 0.25) is 0 Å². The minimum absolute atomic E-state index is 0.0487. The van der Waals surface area contributed by atoms with Crippen LogP contribution in [-0.2, 0) is 35.3 Å². The first-order valence-corrected chi connectivity index (χ1v) is 13.0. The van der Waals surface area contributed by atoms with Gasteiger partial charge in [-0.2, -0.15) is 13.2 Å². The summed E-state index contributed by atoms with van der Waals surface area (Å²) in [5, 5.41) is 7.21. The van der Waals surface area contributed by atoms with Gasteiger partial charge in [0.15, 0.2) is 0 Å². The fourth-order valence-electron chi connectivity index (χ4n) is 3.73. The molecule has 0 radical (unpaired) electrons. The molecule has 226 valence electrons. The summed E-state index contributed by atoms with van der Waals surface area (Å²) in [6, 6.07) is 23.5. The lowest BCUT2D eigenvalue weighted by Crippen LogP contribution is -2.40. The predicted molar refractivity (Wildman–Crippen MR) is 147 cm³/mol.